The van der Waals surface area contributed by atoms with Crippen LogP contribution in [0.4, 0.5) is 0 Å². The first-order valence-electron chi connectivity index (χ1n) is 6.28. The molecule has 0 aliphatic heterocycles. The second-order valence-corrected chi connectivity index (χ2v) is 6.34. The molecule has 116 valence electrons. The van der Waals surface area contributed by atoms with Crippen LogP contribution in [0.5, 0.6) is 0 Å². The highest BCUT2D eigenvalue weighted by molar-refractivity contribution is 7.52. The molecule has 0 spiro atoms. The first-order valence-corrected chi connectivity index (χ1v) is 7.96. The van der Waals surface area contributed by atoms with Gasteiger partial charge in [0.15, 0.2) is 11.7 Å². The van der Waals surface area contributed by atoms with E-state index < -0.39 is 13.4 Å². The number of methoxy groups -OCH3 is 1. The van der Waals surface area contributed by atoms with Gasteiger partial charge >= 0.3 is 7.60 Å². The summed E-state index contributed by atoms with van der Waals surface area (Å²) >= 11 is 0. The Hall–Kier alpha value is -2.13. The Morgan fingerprint density at radius 2 is 2.27 bits per heavy atom. The van der Waals surface area contributed by atoms with Crippen LogP contribution in [0, 0.1) is 0 Å². The Morgan fingerprint density at radius 1 is 1.45 bits per heavy atom. The fraction of sp³-hybridized carbons (Fsp3) is 0.273. The summed E-state index contributed by atoms with van der Waals surface area (Å²) < 4.78 is 18.1. The summed E-state index contributed by atoms with van der Waals surface area (Å²) in [5.74, 6) is -0.828. The van der Waals surface area contributed by atoms with Crippen LogP contribution in [-0.4, -0.2) is 52.8 Å². The molecule has 0 aromatic carbocycles. The van der Waals surface area contributed by atoms with Crippen LogP contribution >= 0.6 is 7.60 Å². The molecule has 22 heavy (non-hydrogen) atoms. The smallest absolute Gasteiger partial charge is 0.354 e. The molecule has 3 heterocycles. The van der Waals surface area contributed by atoms with Crippen LogP contribution in [0.1, 0.15) is 5.69 Å². The van der Waals surface area contributed by atoms with E-state index in [0.717, 1.165) is 0 Å². The fourth-order valence-electron chi connectivity index (χ4n) is 2.22. The van der Waals surface area contributed by atoms with Gasteiger partial charge in [0.2, 0.25) is 0 Å². The van der Waals surface area contributed by atoms with Crippen molar-refractivity contribution in [2.24, 2.45) is 0 Å². The van der Waals surface area contributed by atoms with Crippen molar-refractivity contribution in [3.05, 3.63) is 30.1 Å². The number of fused-ring (bicyclic) bond motifs is 1. The average molecular weight is 324 g/mol. The van der Waals surface area contributed by atoms with E-state index in [0.29, 0.717) is 22.9 Å². The predicted octanol–water partition coefficient (Wildman–Crippen LogP) is 0.207. The molecule has 0 aliphatic carbocycles. The quantitative estimate of drug-likeness (QED) is 0.566. The molecule has 0 fully saturated rings. The topological polar surface area (TPSA) is 139 Å². The Balaban J connectivity index is 2.10. The fourth-order valence-corrected chi connectivity index (χ4v) is 2.92. The van der Waals surface area contributed by atoms with E-state index in [4.69, 9.17) is 4.74 Å². The van der Waals surface area contributed by atoms with E-state index in [1.165, 1.54) is 7.11 Å². The standard InChI is InChI=1S/C11H13N6O4P/c1-21-10(22(18,19)20)5-7-3-2-4-9-12-6-8(17(7)9)11-13-15-16-14-11/h2-4,6,10H,5H2,1H3,(H2,18,19,20)(H,13,14,15,16). The third kappa shape index (κ3) is 2.64. The Labute approximate surface area is 124 Å². The number of rotatable bonds is 5. The number of ether oxygens (including phenoxy) is 1. The van der Waals surface area contributed by atoms with E-state index in [1.807, 2.05) is 0 Å². The normalized spacial score (nSPS) is 13.6. The predicted molar refractivity (Wildman–Crippen MR) is 74.9 cm³/mol. The van der Waals surface area contributed by atoms with Crippen LogP contribution in [0.3, 0.4) is 0 Å². The van der Waals surface area contributed by atoms with E-state index in [1.54, 1.807) is 28.8 Å². The van der Waals surface area contributed by atoms with E-state index in [9.17, 15) is 14.4 Å². The van der Waals surface area contributed by atoms with Crippen molar-refractivity contribution in [3.63, 3.8) is 0 Å². The van der Waals surface area contributed by atoms with Gasteiger partial charge in [-0.25, -0.2) is 10.1 Å². The highest BCUT2D eigenvalue weighted by Gasteiger charge is 2.30. The molecule has 0 saturated carbocycles. The maximum absolute atomic E-state index is 11.5. The Bertz CT molecular complexity index is 826. The molecule has 10 nitrogen and oxygen atoms in total. The molecule has 1 atom stereocenters. The first-order chi connectivity index (χ1) is 10.5. The highest BCUT2D eigenvalue weighted by atomic mass is 31.2. The molecular weight excluding hydrogens is 311 g/mol. The number of pyridine rings is 1. The van der Waals surface area contributed by atoms with Crippen LogP contribution in [-0.2, 0) is 15.7 Å². The maximum atomic E-state index is 11.5. The summed E-state index contributed by atoms with van der Waals surface area (Å²) in [6.07, 6.45) is 1.60. The first kappa shape index (κ1) is 14.8. The lowest BCUT2D eigenvalue weighted by Crippen LogP contribution is -2.16. The maximum Gasteiger partial charge on any atom is 0.354 e. The number of tetrazole rings is 1. The molecule has 3 aromatic heterocycles. The summed E-state index contributed by atoms with van der Waals surface area (Å²) in [5, 5.41) is 13.5. The molecule has 11 heteroatoms. The zero-order valence-corrected chi connectivity index (χ0v) is 12.4. The van der Waals surface area contributed by atoms with Crippen molar-refractivity contribution in [1.29, 1.82) is 0 Å². The number of aromatic nitrogens is 6. The second kappa shape index (κ2) is 5.58. The van der Waals surface area contributed by atoms with Crippen molar-refractivity contribution in [3.8, 4) is 11.5 Å². The third-order valence-corrected chi connectivity index (χ3v) is 4.37. The van der Waals surface area contributed by atoms with E-state index in [-0.39, 0.29) is 6.42 Å². The molecule has 3 aromatic rings. The van der Waals surface area contributed by atoms with Crippen molar-refractivity contribution in [1.82, 2.24) is 30.0 Å². The van der Waals surface area contributed by atoms with Crippen LogP contribution in [0.15, 0.2) is 24.4 Å². The van der Waals surface area contributed by atoms with Crippen LogP contribution in [0.2, 0.25) is 0 Å². The summed E-state index contributed by atoms with van der Waals surface area (Å²) in [5.41, 5.74) is 1.83. The number of aromatic amines is 1. The van der Waals surface area contributed by atoms with Crippen LogP contribution < -0.4 is 0 Å². The summed E-state index contributed by atoms with van der Waals surface area (Å²) in [4.78, 5) is 22.9. The van der Waals surface area contributed by atoms with Gasteiger partial charge in [-0.3, -0.25) is 8.97 Å². The molecular formula is C11H13N6O4P. The second-order valence-electron chi connectivity index (χ2n) is 4.59. The van der Waals surface area contributed by atoms with Crippen molar-refractivity contribution in [2.75, 3.05) is 7.11 Å². The lowest BCUT2D eigenvalue weighted by Gasteiger charge is -2.17. The molecule has 3 N–H and O–H groups in total. The van der Waals surface area contributed by atoms with Crippen molar-refractivity contribution in [2.45, 2.75) is 12.3 Å². The van der Waals surface area contributed by atoms with E-state index in [2.05, 4.69) is 25.6 Å². The minimum Gasteiger partial charge on any atom is -0.368 e. The molecule has 1 unspecified atom stereocenters. The van der Waals surface area contributed by atoms with Crippen molar-refractivity contribution >= 4 is 13.2 Å². The highest BCUT2D eigenvalue weighted by Crippen LogP contribution is 2.43. The molecule has 0 bridgehead atoms. The lowest BCUT2D eigenvalue weighted by atomic mass is 10.2. The summed E-state index contributed by atoms with van der Waals surface area (Å²) in [7, 11) is -3.12. The van der Waals surface area contributed by atoms with Gasteiger partial charge in [0, 0.05) is 19.2 Å². The van der Waals surface area contributed by atoms with Gasteiger partial charge in [-0.2, -0.15) is 0 Å². The zero-order chi connectivity index (χ0) is 15.7. The van der Waals surface area contributed by atoms with Crippen molar-refractivity contribution < 1.29 is 19.1 Å². The number of H-pyrrole nitrogens is 1. The molecule has 0 saturated heterocycles. The van der Waals surface area contributed by atoms with Gasteiger partial charge in [-0.05, 0) is 22.6 Å². The zero-order valence-electron chi connectivity index (χ0n) is 11.5. The van der Waals surface area contributed by atoms with Gasteiger partial charge in [0.1, 0.15) is 11.3 Å². The molecule has 0 amide bonds. The number of nitrogens with zero attached hydrogens (tertiary/aromatic N) is 5. The number of imidazole rings is 1. The largest absolute Gasteiger partial charge is 0.368 e. The monoisotopic (exact) mass is 324 g/mol. The van der Waals surface area contributed by atoms with Crippen LogP contribution in [0.25, 0.3) is 17.2 Å². The third-order valence-electron chi connectivity index (χ3n) is 3.23. The SMILES string of the molecule is COC(Cc1cccc2ncc(-c3nnn[nH]3)n12)P(=O)(O)O. The molecule has 3 rings (SSSR count). The molecule has 0 aliphatic rings. The lowest BCUT2D eigenvalue weighted by molar-refractivity contribution is 0.135. The Morgan fingerprint density at radius 3 is 2.91 bits per heavy atom. The van der Waals surface area contributed by atoms with Gasteiger partial charge < -0.3 is 14.5 Å². The molecule has 0 radical (unpaired) electrons. The van der Waals surface area contributed by atoms with Gasteiger partial charge in [0.05, 0.1) is 6.20 Å². The summed E-state index contributed by atoms with van der Waals surface area (Å²) in [6, 6.07) is 5.27. The van der Waals surface area contributed by atoms with E-state index >= 15 is 0 Å². The minimum absolute atomic E-state index is 0.0169. The number of hydrogen-bond acceptors (Lipinski definition) is 6. The Kier molecular flexibility index (Phi) is 3.75. The average Bonchev–Trinajstić information content (AvgIpc) is 3.11. The van der Waals surface area contributed by atoms with Gasteiger partial charge in [-0.15, -0.1) is 5.10 Å². The minimum atomic E-state index is -4.38. The van der Waals surface area contributed by atoms with Gasteiger partial charge in [0.25, 0.3) is 0 Å². The van der Waals surface area contributed by atoms with Gasteiger partial charge in [-0.1, -0.05) is 6.07 Å². The number of hydrogen-bond donors (Lipinski definition) is 3. The number of nitrogens with one attached hydrogen (secondary N) is 1. The summed E-state index contributed by atoms with van der Waals surface area (Å²) in [6.45, 7) is 0.